The Kier molecular flexibility index (Phi) is 5.31. The number of para-hydroxylation sites is 1. The predicted molar refractivity (Wildman–Crippen MR) is 115 cm³/mol. The van der Waals surface area contributed by atoms with Gasteiger partial charge in [-0.15, -0.1) is 0 Å². The predicted octanol–water partition coefficient (Wildman–Crippen LogP) is 2.51. The van der Waals surface area contributed by atoms with Crippen LogP contribution in [-0.2, 0) is 9.53 Å². The highest BCUT2D eigenvalue weighted by Gasteiger charge is 2.33. The molecule has 0 saturated carbocycles. The Morgan fingerprint density at radius 3 is 2.41 bits per heavy atom. The van der Waals surface area contributed by atoms with Gasteiger partial charge in [0.25, 0.3) is 17.7 Å². The highest BCUT2D eigenvalue weighted by atomic mass is 16.5. The van der Waals surface area contributed by atoms with Crippen LogP contribution in [0.2, 0.25) is 0 Å². The number of carbonyl (C=O) groups excluding carboxylic acids is 4. The van der Waals surface area contributed by atoms with Crippen molar-refractivity contribution in [1.29, 1.82) is 0 Å². The van der Waals surface area contributed by atoms with Crippen molar-refractivity contribution >= 4 is 29.4 Å². The minimum atomic E-state index is -0.772. The van der Waals surface area contributed by atoms with E-state index in [9.17, 15) is 19.2 Å². The van der Waals surface area contributed by atoms with Gasteiger partial charge < -0.3 is 10.1 Å². The Morgan fingerprint density at radius 2 is 1.69 bits per heavy atom. The number of carbonyl (C=O) groups is 4. The molecular formula is C23H20N4O5. The number of nitrogens with one attached hydrogen (secondary N) is 1. The second-order valence-electron chi connectivity index (χ2n) is 7.35. The van der Waals surface area contributed by atoms with E-state index in [1.165, 1.54) is 25.2 Å². The van der Waals surface area contributed by atoms with Crippen LogP contribution in [0.25, 0.3) is 5.69 Å². The maximum Gasteiger partial charge on any atom is 0.338 e. The minimum Gasteiger partial charge on any atom is -0.452 e. The van der Waals surface area contributed by atoms with Crippen LogP contribution in [0.3, 0.4) is 0 Å². The number of amides is 3. The highest BCUT2D eigenvalue weighted by Crippen LogP contribution is 2.24. The van der Waals surface area contributed by atoms with E-state index in [1.54, 1.807) is 11.6 Å². The van der Waals surface area contributed by atoms with Crippen molar-refractivity contribution in [2.75, 3.05) is 19.0 Å². The van der Waals surface area contributed by atoms with Gasteiger partial charge in [0.15, 0.2) is 6.61 Å². The second-order valence-corrected chi connectivity index (χ2v) is 7.35. The molecule has 2 aromatic carbocycles. The molecule has 162 valence electrons. The van der Waals surface area contributed by atoms with Crippen molar-refractivity contribution in [3.05, 3.63) is 76.6 Å². The summed E-state index contributed by atoms with van der Waals surface area (Å²) in [6.45, 7) is 3.08. The van der Waals surface area contributed by atoms with Crippen LogP contribution in [0.1, 0.15) is 42.5 Å². The Bertz CT molecular complexity index is 1260. The SMILES string of the molecule is Cc1nn(-c2ccccc2)c(C)c1NC(=O)COC(=O)c1ccc2c(c1)C(=O)N(C)C2=O. The molecule has 2 heterocycles. The first-order valence-corrected chi connectivity index (χ1v) is 9.83. The summed E-state index contributed by atoms with van der Waals surface area (Å²) in [4.78, 5) is 49.8. The first-order valence-electron chi connectivity index (χ1n) is 9.83. The van der Waals surface area contributed by atoms with E-state index in [4.69, 9.17) is 4.74 Å². The van der Waals surface area contributed by atoms with Crippen molar-refractivity contribution in [2.24, 2.45) is 0 Å². The normalized spacial score (nSPS) is 12.7. The molecule has 1 N–H and O–H groups in total. The zero-order chi connectivity index (χ0) is 23.0. The molecular weight excluding hydrogens is 412 g/mol. The van der Waals surface area contributed by atoms with Crippen molar-refractivity contribution in [3.63, 3.8) is 0 Å². The molecule has 4 rings (SSSR count). The highest BCUT2D eigenvalue weighted by molar-refractivity contribution is 6.21. The quantitative estimate of drug-likeness (QED) is 0.490. The van der Waals surface area contributed by atoms with E-state index in [0.717, 1.165) is 16.3 Å². The Balaban J connectivity index is 1.42. The van der Waals surface area contributed by atoms with Gasteiger partial charge in [0.2, 0.25) is 0 Å². The van der Waals surface area contributed by atoms with Crippen LogP contribution in [0.4, 0.5) is 5.69 Å². The van der Waals surface area contributed by atoms with Crippen LogP contribution < -0.4 is 5.32 Å². The Morgan fingerprint density at radius 1 is 1.00 bits per heavy atom. The van der Waals surface area contributed by atoms with E-state index in [1.807, 2.05) is 37.3 Å². The number of benzene rings is 2. The van der Waals surface area contributed by atoms with E-state index >= 15 is 0 Å². The topological polar surface area (TPSA) is 111 Å². The molecule has 3 aromatic rings. The van der Waals surface area contributed by atoms with Crippen LogP contribution in [-0.4, -0.2) is 52.0 Å². The fraction of sp³-hybridized carbons (Fsp3) is 0.174. The third-order valence-corrected chi connectivity index (χ3v) is 5.22. The number of hydrogen-bond donors (Lipinski definition) is 1. The molecule has 1 aliphatic heterocycles. The summed E-state index contributed by atoms with van der Waals surface area (Å²) in [6.07, 6.45) is 0. The summed E-state index contributed by atoms with van der Waals surface area (Å²) < 4.78 is 6.81. The molecule has 1 aromatic heterocycles. The molecule has 0 fully saturated rings. The van der Waals surface area contributed by atoms with Crippen LogP contribution in [0, 0.1) is 13.8 Å². The van der Waals surface area contributed by atoms with Crippen molar-refractivity contribution in [2.45, 2.75) is 13.8 Å². The smallest absolute Gasteiger partial charge is 0.338 e. The van der Waals surface area contributed by atoms with Crippen LogP contribution in [0.5, 0.6) is 0 Å². The van der Waals surface area contributed by atoms with Gasteiger partial charge >= 0.3 is 5.97 Å². The molecule has 9 nitrogen and oxygen atoms in total. The summed E-state index contributed by atoms with van der Waals surface area (Å²) in [5.74, 6) is -2.21. The average Bonchev–Trinajstić information content (AvgIpc) is 3.20. The molecule has 0 atom stereocenters. The largest absolute Gasteiger partial charge is 0.452 e. The zero-order valence-electron chi connectivity index (χ0n) is 17.7. The molecule has 9 heteroatoms. The number of imide groups is 1. The molecule has 0 unspecified atom stereocenters. The number of aryl methyl sites for hydroxylation is 1. The zero-order valence-corrected chi connectivity index (χ0v) is 17.7. The number of hydrogen-bond acceptors (Lipinski definition) is 6. The monoisotopic (exact) mass is 432 g/mol. The van der Waals surface area contributed by atoms with E-state index in [-0.39, 0.29) is 16.7 Å². The molecule has 1 aliphatic rings. The molecule has 0 saturated heterocycles. The number of rotatable bonds is 5. The number of fused-ring (bicyclic) bond motifs is 1. The fourth-order valence-corrected chi connectivity index (χ4v) is 3.52. The maximum absolute atomic E-state index is 12.4. The lowest BCUT2D eigenvalue weighted by Gasteiger charge is -2.08. The fourth-order valence-electron chi connectivity index (χ4n) is 3.52. The number of ether oxygens (including phenoxy) is 1. The number of esters is 1. The standard InChI is InChI=1S/C23H20N4O5/c1-13-20(14(2)27(25-13)16-7-5-4-6-8-16)24-19(28)12-32-23(31)15-9-10-17-18(11-15)22(30)26(3)21(17)29/h4-11H,12H2,1-3H3,(H,24,28). The van der Waals surface area contributed by atoms with Crippen molar-refractivity contribution < 1.29 is 23.9 Å². The Hall–Kier alpha value is -4.27. The Labute approximate surface area is 183 Å². The molecule has 0 aliphatic carbocycles. The van der Waals surface area contributed by atoms with Gasteiger partial charge in [0.1, 0.15) is 0 Å². The minimum absolute atomic E-state index is 0.0808. The third kappa shape index (κ3) is 3.64. The lowest BCUT2D eigenvalue weighted by atomic mass is 10.1. The summed E-state index contributed by atoms with van der Waals surface area (Å²) in [5, 5.41) is 7.19. The summed E-state index contributed by atoms with van der Waals surface area (Å²) in [6, 6.07) is 13.6. The first-order chi connectivity index (χ1) is 15.3. The maximum atomic E-state index is 12.4. The summed E-state index contributed by atoms with van der Waals surface area (Å²) >= 11 is 0. The summed E-state index contributed by atoms with van der Waals surface area (Å²) in [7, 11) is 1.37. The van der Waals surface area contributed by atoms with Gasteiger partial charge in [-0.2, -0.15) is 5.10 Å². The van der Waals surface area contributed by atoms with Crippen molar-refractivity contribution in [1.82, 2.24) is 14.7 Å². The number of aromatic nitrogens is 2. The van der Waals surface area contributed by atoms with Gasteiger partial charge in [0.05, 0.1) is 39.5 Å². The van der Waals surface area contributed by atoms with E-state index < -0.39 is 30.3 Å². The van der Waals surface area contributed by atoms with Gasteiger partial charge in [-0.1, -0.05) is 18.2 Å². The van der Waals surface area contributed by atoms with E-state index in [0.29, 0.717) is 11.4 Å². The molecule has 0 spiro atoms. The summed E-state index contributed by atoms with van der Waals surface area (Å²) in [5.41, 5.74) is 3.20. The van der Waals surface area contributed by atoms with E-state index in [2.05, 4.69) is 10.4 Å². The van der Waals surface area contributed by atoms with Gasteiger partial charge in [0, 0.05) is 7.05 Å². The van der Waals surface area contributed by atoms with Gasteiger partial charge in [-0.25, -0.2) is 9.48 Å². The third-order valence-electron chi connectivity index (χ3n) is 5.22. The van der Waals surface area contributed by atoms with Gasteiger partial charge in [-0.05, 0) is 44.2 Å². The molecule has 32 heavy (non-hydrogen) atoms. The average molecular weight is 432 g/mol. The number of anilines is 1. The van der Waals surface area contributed by atoms with Crippen molar-refractivity contribution in [3.8, 4) is 5.69 Å². The van der Waals surface area contributed by atoms with Crippen LogP contribution in [0.15, 0.2) is 48.5 Å². The van der Waals surface area contributed by atoms with Gasteiger partial charge in [-0.3, -0.25) is 19.3 Å². The lowest BCUT2D eigenvalue weighted by Crippen LogP contribution is -2.24. The number of nitrogens with zero attached hydrogens (tertiary/aromatic N) is 3. The van der Waals surface area contributed by atoms with Crippen LogP contribution >= 0.6 is 0 Å². The lowest BCUT2D eigenvalue weighted by molar-refractivity contribution is -0.119. The molecule has 0 radical (unpaired) electrons. The molecule has 0 bridgehead atoms. The molecule has 3 amide bonds. The first kappa shape index (κ1) is 21.0. The second kappa shape index (κ2) is 8.10.